The molecule has 3 heterocycles. The van der Waals surface area contributed by atoms with Crippen molar-refractivity contribution in [2.45, 2.75) is 37.7 Å². The molecule has 6 heteroatoms. The highest BCUT2D eigenvalue weighted by Crippen LogP contribution is 2.37. The highest BCUT2D eigenvalue weighted by molar-refractivity contribution is 5.88. The van der Waals surface area contributed by atoms with E-state index in [1.54, 1.807) is 13.0 Å². The summed E-state index contributed by atoms with van der Waals surface area (Å²) in [6, 6.07) is 13.1. The molecule has 148 valence electrons. The topological polar surface area (TPSA) is 69.0 Å². The van der Waals surface area contributed by atoms with Crippen molar-refractivity contribution in [2.24, 2.45) is 0 Å². The molecule has 1 atom stereocenters. The molecule has 0 N–H and O–H groups in total. The van der Waals surface area contributed by atoms with Gasteiger partial charge in [-0.2, -0.15) is 0 Å². The van der Waals surface area contributed by atoms with Crippen molar-refractivity contribution in [2.75, 3.05) is 26.3 Å². The maximum Gasteiger partial charge on any atom is 0.339 e. The molecule has 28 heavy (non-hydrogen) atoms. The Labute approximate surface area is 164 Å². The quantitative estimate of drug-likeness (QED) is 0.812. The lowest BCUT2D eigenvalue weighted by Crippen LogP contribution is -2.49. The molecular formula is C22H25NO5. The van der Waals surface area contributed by atoms with Crippen LogP contribution < -0.4 is 10.4 Å². The molecule has 2 aliphatic rings. The van der Waals surface area contributed by atoms with Gasteiger partial charge >= 0.3 is 5.63 Å². The maximum atomic E-state index is 13.6. The molecule has 2 aliphatic heterocycles. The number of rotatable bonds is 4. The molecule has 1 amide bonds. The zero-order valence-corrected chi connectivity index (χ0v) is 16.1. The van der Waals surface area contributed by atoms with Crippen LogP contribution in [0.2, 0.25) is 0 Å². The summed E-state index contributed by atoms with van der Waals surface area (Å²) in [5.74, 6) is 1.16. The molecule has 2 aromatic rings. The number of hydrogen-bond acceptors (Lipinski definition) is 5. The summed E-state index contributed by atoms with van der Waals surface area (Å²) in [5.41, 5.74) is 0.105. The van der Waals surface area contributed by atoms with Crippen LogP contribution in [-0.4, -0.2) is 43.2 Å². The predicted molar refractivity (Wildman–Crippen MR) is 104 cm³/mol. The maximum absolute atomic E-state index is 13.6. The molecule has 1 aromatic heterocycles. The van der Waals surface area contributed by atoms with Gasteiger partial charge in [0.2, 0.25) is 5.91 Å². The number of amides is 1. The Bertz CT molecular complexity index is 885. The second-order valence-corrected chi connectivity index (χ2v) is 7.56. The van der Waals surface area contributed by atoms with Crippen LogP contribution in [0.3, 0.4) is 0 Å². The minimum atomic E-state index is -0.529. The van der Waals surface area contributed by atoms with Crippen molar-refractivity contribution >= 4 is 5.91 Å². The number of benzene rings is 1. The van der Waals surface area contributed by atoms with Crippen LogP contribution in [0.4, 0.5) is 0 Å². The van der Waals surface area contributed by atoms with Crippen molar-refractivity contribution in [1.82, 2.24) is 4.90 Å². The Morgan fingerprint density at radius 1 is 1.18 bits per heavy atom. The fraction of sp³-hybridized carbons (Fsp3) is 0.455. The molecule has 0 radical (unpaired) electrons. The lowest BCUT2D eigenvalue weighted by Gasteiger charge is -2.39. The van der Waals surface area contributed by atoms with Crippen molar-refractivity contribution in [3.63, 3.8) is 0 Å². The van der Waals surface area contributed by atoms with Gasteiger partial charge in [-0.05, 0) is 25.3 Å². The zero-order valence-electron chi connectivity index (χ0n) is 16.1. The molecule has 0 aliphatic carbocycles. The third-order valence-electron chi connectivity index (χ3n) is 5.68. The van der Waals surface area contributed by atoms with Gasteiger partial charge in [-0.25, -0.2) is 4.79 Å². The number of aryl methyl sites for hydroxylation is 1. The van der Waals surface area contributed by atoms with E-state index in [0.29, 0.717) is 50.7 Å². The van der Waals surface area contributed by atoms with Gasteiger partial charge in [0.05, 0.1) is 18.0 Å². The van der Waals surface area contributed by atoms with Crippen LogP contribution in [0.5, 0.6) is 5.75 Å². The zero-order chi connectivity index (χ0) is 19.6. The van der Waals surface area contributed by atoms with E-state index >= 15 is 0 Å². The van der Waals surface area contributed by atoms with E-state index < -0.39 is 11.0 Å². The summed E-state index contributed by atoms with van der Waals surface area (Å²) in [6.45, 7) is 4.07. The standard InChI is InChI=1S/C22H25NO5/c1-16-13-19(14-20(24)27-16)28-18-7-10-23(15-18)21(25)22(8-11-26-12-9-22)17-5-3-2-4-6-17/h2-6,13-14,18H,7-12,15H2,1H3. The van der Waals surface area contributed by atoms with Gasteiger partial charge in [-0.3, -0.25) is 4.79 Å². The van der Waals surface area contributed by atoms with E-state index in [1.807, 2.05) is 35.2 Å². The van der Waals surface area contributed by atoms with Gasteiger partial charge in [-0.1, -0.05) is 30.3 Å². The highest BCUT2D eigenvalue weighted by atomic mass is 16.5. The Morgan fingerprint density at radius 3 is 2.64 bits per heavy atom. The molecule has 1 aromatic carbocycles. The van der Waals surface area contributed by atoms with E-state index in [-0.39, 0.29) is 12.0 Å². The number of hydrogen-bond donors (Lipinski definition) is 0. The highest BCUT2D eigenvalue weighted by Gasteiger charge is 2.45. The summed E-state index contributed by atoms with van der Waals surface area (Å²) in [4.78, 5) is 27.0. The average molecular weight is 383 g/mol. The normalized spacial score (nSPS) is 21.5. The molecule has 4 rings (SSSR count). The summed E-state index contributed by atoms with van der Waals surface area (Å²) < 4.78 is 16.5. The monoisotopic (exact) mass is 383 g/mol. The number of ether oxygens (including phenoxy) is 2. The summed E-state index contributed by atoms with van der Waals surface area (Å²) in [6.07, 6.45) is 2.00. The summed E-state index contributed by atoms with van der Waals surface area (Å²) >= 11 is 0. The Hall–Kier alpha value is -2.60. The van der Waals surface area contributed by atoms with Crippen LogP contribution in [0.15, 0.2) is 51.7 Å². The third-order valence-corrected chi connectivity index (χ3v) is 5.68. The van der Waals surface area contributed by atoms with Crippen LogP contribution >= 0.6 is 0 Å². The molecular weight excluding hydrogens is 358 g/mol. The lowest BCUT2D eigenvalue weighted by atomic mass is 9.73. The Balaban J connectivity index is 1.50. The van der Waals surface area contributed by atoms with Crippen molar-refractivity contribution in [1.29, 1.82) is 0 Å². The minimum absolute atomic E-state index is 0.127. The fourth-order valence-electron chi connectivity index (χ4n) is 4.25. The van der Waals surface area contributed by atoms with Gasteiger partial charge in [0.15, 0.2) is 0 Å². The molecule has 6 nitrogen and oxygen atoms in total. The van der Waals surface area contributed by atoms with E-state index in [1.165, 1.54) is 6.07 Å². The van der Waals surface area contributed by atoms with Gasteiger partial charge in [0.25, 0.3) is 0 Å². The SMILES string of the molecule is Cc1cc(OC2CCN(C(=O)C3(c4ccccc4)CCOCC3)C2)cc(=O)o1. The summed E-state index contributed by atoms with van der Waals surface area (Å²) in [5, 5.41) is 0. The van der Waals surface area contributed by atoms with Crippen LogP contribution in [0.25, 0.3) is 0 Å². The largest absolute Gasteiger partial charge is 0.488 e. The molecule has 1 unspecified atom stereocenters. The molecule has 0 bridgehead atoms. The van der Waals surface area contributed by atoms with Crippen LogP contribution in [-0.2, 0) is 14.9 Å². The second kappa shape index (κ2) is 7.80. The van der Waals surface area contributed by atoms with Gasteiger partial charge < -0.3 is 18.8 Å². The number of likely N-dealkylation sites (tertiary alicyclic amines) is 1. The van der Waals surface area contributed by atoms with Crippen LogP contribution in [0, 0.1) is 6.92 Å². The first-order valence-corrected chi connectivity index (χ1v) is 9.78. The van der Waals surface area contributed by atoms with E-state index in [0.717, 1.165) is 12.0 Å². The lowest BCUT2D eigenvalue weighted by molar-refractivity contribution is -0.140. The second-order valence-electron chi connectivity index (χ2n) is 7.56. The van der Waals surface area contributed by atoms with Crippen LogP contribution in [0.1, 0.15) is 30.6 Å². The van der Waals surface area contributed by atoms with Crippen molar-refractivity contribution < 1.29 is 18.7 Å². The smallest absolute Gasteiger partial charge is 0.339 e. The van der Waals surface area contributed by atoms with Gasteiger partial charge in [0.1, 0.15) is 17.6 Å². The predicted octanol–water partition coefficient (Wildman–Crippen LogP) is 2.68. The first-order valence-electron chi connectivity index (χ1n) is 9.78. The molecule has 0 saturated carbocycles. The molecule has 0 spiro atoms. The first-order chi connectivity index (χ1) is 13.6. The molecule has 2 saturated heterocycles. The third kappa shape index (κ3) is 3.69. The van der Waals surface area contributed by atoms with Crippen molar-refractivity contribution in [3.05, 3.63) is 64.2 Å². The Kier molecular flexibility index (Phi) is 5.22. The number of carbonyl (C=O) groups is 1. The van der Waals surface area contributed by atoms with Gasteiger partial charge in [-0.15, -0.1) is 0 Å². The first kappa shape index (κ1) is 18.7. The summed E-state index contributed by atoms with van der Waals surface area (Å²) in [7, 11) is 0. The fourth-order valence-corrected chi connectivity index (χ4v) is 4.25. The number of nitrogens with zero attached hydrogens (tertiary/aromatic N) is 1. The average Bonchev–Trinajstić information content (AvgIpc) is 3.16. The Morgan fingerprint density at radius 2 is 1.93 bits per heavy atom. The number of carbonyl (C=O) groups excluding carboxylic acids is 1. The van der Waals surface area contributed by atoms with E-state index in [4.69, 9.17) is 13.9 Å². The van der Waals surface area contributed by atoms with E-state index in [2.05, 4.69) is 0 Å². The molecule has 2 fully saturated rings. The van der Waals surface area contributed by atoms with Crippen molar-refractivity contribution in [3.8, 4) is 5.75 Å². The van der Waals surface area contributed by atoms with Gasteiger partial charge in [0, 0.05) is 32.2 Å². The minimum Gasteiger partial charge on any atom is -0.488 e. The van der Waals surface area contributed by atoms with E-state index in [9.17, 15) is 9.59 Å².